The molecule has 0 bridgehead atoms. The zero-order valence-corrected chi connectivity index (χ0v) is 11.4. The van der Waals surface area contributed by atoms with Crippen LogP contribution in [0.25, 0.3) is 0 Å². The van der Waals surface area contributed by atoms with Crippen molar-refractivity contribution in [1.82, 2.24) is 4.90 Å². The van der Waals surface area contributed by atoms with Crippen LogP contribution in [-0.2, 0) is 0 Å². The Kier molecular flexibility index (Phi) is 4.57. The molecule has 1 amide bonds. The van der Waals surface area contributed by atoms with Crippen LogP contribution in [0, 0.1) is 18.3 Å². The number of hydrogen-bond acceptors (Lipinski definition) is 2. The Hall–Kier alpha value is -1.82. The number of carbonyl (C=O) groups excluding carboxylic acids is 1. The molecule has 0 spiro atoms. The smallest absolute Gasteiger partial charge is 0.254 e. The number of rotatable bonds is 4. The molecule has 0 atom stereocenters. The highest BCUT2D eigenvalue weighted by Crippen LogP contribution is 2.25. The van der Waals surface area contributed by atoms with Crippen LogP contribution < -0.4 is 0 Å². The molecule has 3 nitrogen and oxygen atoms in total. The van der Waals surface area contributed by atoms with Crippen molar-refractivity contribution < 1.29 is 4.79 Å². The highest BCUT2D eigenvalue weighted by Gasteiger charge is 2.27. The maximum Gasteiger partial charge on any atom is 0.254 e. The quantitative estimate of drug-likeness (QED) is 0.829. The fourth-order valence-corrected chi connectivity index (χ4v) is 2.80. The predicted molar refractivity (Wildman–Crippen MR) is 74.7 cm³/mol. The van der Waals surface area contributed by atoms with Crippen LogP contribution in [0.1, 0.15) is 48.0 Å². The molecule has 0 unspecified atom stereocenters. The van der Waals surface area contributed by atoms with Crippen molar-refractivity contribution in [2.75, 3.05) is 6.54 Å². The molecule has 1 aromatic rings. The number of aryl methyl sites for hydroxylation is 1. The van der Waals surface area contributed by atoms with Crippen molar-refractivity contribution in [3.8, 4) is 6.07 Å². The molecular formula is C16H20N2O. The zero-order chi connectivity index (χ0) is 13.7. The molecule has 1 fully saturated rings. The summed E-state index contributed by atoms with van der Waals surface area (Å²) in [7, 11) is 0. The standard InChI is InChI=1S/C16H20N2O/c1-13-7-2-5-10-15(13)16(19)18(12-6-11-17)14-8-3-4-9-14/h2,5,7,10,14H,3-4,6,8-9,12H2,1H3. The van der Waals surface area contributed by atoms with Crippen LogP contribution in [0.5, 0.6) is 0 Å². The number of benzene rings is 1. The first-order chi connectivity index (χ1) is 9.24. The third-order valence-corrected chi connectivity index (χ3v) is 3.87. The molecule has 100 valence electrons. The molecule has 0 aromatic heterocycles. The molecule has 19 heavy (non-hydrogen) atoms. The summed E-state index contributed by atoms with van der Waals surface area (Å²) in [4.78, 5) is 14.6. The van der Waals surface area contributed by atoms with Gasteiger partial charge in [-0.2, -0.15) is 5.26 Å². The van der Waals surface area contributed by atoms with E-state index in [2.05, 4.69) is 6.07 Å². The summed E-state index contributed by atoms with van der Waals surface area (Å²) in [6.07, 6.45) is 4.93. The van der Waals surface area contributed by atoms with E-state index >= 15 is 0 Å². The molecular weight excluding hydrogens is 236 g/mol. The first-order valence-electron chi connectivity index (χ1n) is 6.97. The summed E-state index contributed by atoms with van der Waals surface area (Å²) in [5.74, 6) is 0.0836. The van der Waals surface area contributed by atoms with Crippen molar-refractivity contribution >= 4 is 5.91 Å². The molecule has 0 aliphatic heterocycles. The second-order valence-electron chi connectivity index (χ2n) is 5.16. The molecule has 0 radical (unpaired) electrons. The molecule has 2 rings (SSSR count). The van der Waals surface area contributed by atoms with Gasteiger partial charge in [0.25, 0.3) is 5.91 Å². The zero-order valence-electron chi connectivity index (χ0n) is 11.4. The van der Waals surface area contributed by atoms with Crippen molar-refractivity contribution in [2.24, 2.45) is 0 Å². The lowest BCUT2D eigenvalue weighted by molar-refractivity contribution is 0.0685. The van der Waals surface area contributed by atoms with E-state index in [1.807, 2.05) is 36.1 Å². The van der Waals surface area contributed by atoms with Gasteiger partial charge in [-0.1, -0.05) is 31.0 Å². The van der Waals surface area contributed by atoms with Crippen molar-refractivity contribution in [2.45, 2.75) is 45.1 Å². The number of nitrogens with zero attached hydrogens (tertiary/aromatic N) is 2. The first kappa shape index (κ1) is 13.6. The van der Waals surface area contributed by atoms with E-state index in [4.69, 9.17) is 5.26 Å². The second kappa shape index (κ2) is 6.38. The van der Waals surface area contributed by atoms with Crippen molar-refractivity contribution in [3.63, 3.8) is 0 Å². The minimum atomic E-state index is 0.0836. The van der Waals surface area contributed by atoms with Crippen LogP contribution in [0.15, 0.2) is 24.3 Å². The van der Waals surface area contributed by atoms with Gasteiger partial charge in [0.1, 0.15) is 0 Å². The summed E-state index contributed by atoms with van der Waals surface area (Å²) in [5, 5.41) is 8.78. The third kappa shape index (κ3) is 3.14. The normalized spacial score (nSPS) is 15.2. The monoisotopic (exact) mass is 256 g/mol. The molecule has 1 aromatic carbocycles. The lowest BCUT2D eigenvalue weighted by Crippen LogP contribution is -2.39. The van der Waals surface area contributed by atoms with E-state index in [1.54, 1.807) is 0 Å². The average molecular weight is 256 g/mol. The topological polar surface area (TPSA) is 44.1 Å². The SMILES string of the molecule is Cc1ccccc1C(=O)N(CCC#N)C1CCCC1. The van der Waals surface area contributed by atoms with E-state index in [0.29, 0.717) is 19.0 Å². The Labute approximate surface area is 114 Å². The lowest BCUT2D eigenvalue weighted by atomic mass is 10.1. The largest absolute Gasteiger partial charge is 0.335 e. The maximum absolute atomic E-state index is 12.7. The van der Waals surface area contributed by atoms with Gasteiger partial charge < -0.3 is 4.90 Å². The highest BCUT2D eigenvalue weighted by molar-refractivity contribution is 5.95. The Morgan fingerprint density at radius 2 is 2.05 bits per heavy atom. The van der Waals surface area contributed by atoms with Crippen LogP contribution in [0.3, 0.4) is 0 Å². The molecule has 1 saturated carbocycles. The van der Waals surface area contributed by atoms with Gasteiger partial charge in [-0.15, -0.1) is 0 Å². The molecule has 0 heterocycles. The molecule has 1 aliphatic rings. The van der Waals surface area contributed by atoms with E-state index in [1.165, 1.54) is 12.8 Å². The van der Waals surface area contributed by atoms with Gasteiger partial charge in [-0.25, -0.2) is 0 Å². The maximum atomic E-state index is 12.7. The van der Waals surface area contributed by atoms with E-state index in [0.717, 1.165) is 24.0 Å². The summed E-state index contributed by atoms with van der Waals surface area (Å²) < 4.78 is 0. The van der Waals surface area contributed by atoms with Crippen molar-refractivity contribution in [3.05, 3.63) is 35.4 Å². The summed E-state index contributed by atoms with van der Waals surface area (Å²) in [6, 6.07) is 10.2. The first-order valence-corrected chi connectivity index (χ1v) is 6.97. The van der Waals surface area contributed by atoms with Gasteiger partial charge in [0, 0.05) is 18.2 Å². The number of hydrogen-bond donors (Lipinski definition) is 0. The minimum absolute atomic E-state index is 0.0836. The van der Waals surface area contributed by atoms with Crippen LogP contribution in [-0.4, -0.2) is 23.4 Å². The summed E-state index contributed by atoms with van der Waals surface area (Å²) in [5.41, 5.74) is 1.78. The third-order valence-electron chi connectivity index (χ3n) is 3.87. The lowest BCUT2D eigenvalue weighted by Gasteiger charge is -2.28. The van der Waals surface area contributed by atoms with Gasteiger partial charge in [0.15, 0.2) is 0 Å². The predicted octanol–water partition coefficient (Wildman–Crippen LogP) is 3.29. The molecule has 0 N–H and O–H groups in total. The Morgan fingerprint density at radius 1 is 1.37 bits per heavy atom. The average Bonchev–Trinajstić information content (AvgIpc) is 2.93. The highest BCUT2D eigenvalue weighted by atomic mass is 16.2. The summed E-state index contributed by atoms with van der Waals surface area (Å²) in [6.45, 7) is 2.51. The number of nitriles is 1. The number of amides is 1. The van der Waals surface area contributed by atoms with Crippen LogP contribution in [0.4, 0.5) is 0 Å². The fourth-order valence-electron chi connectivity index (χ4n) is 2.80. The van der Waals surface area contributed by atoms with Gasteiger partial charge in [0.05, 0.1) is 12.5 Å². The number of carbonyl (C=O) groups is 1. The Morgan fingerprint density at radius 3 is 2.68 bits per heavy atom. The molecule has 0 saturated heterocycles. The van der Waals surface area contributed by atoms with E-state index < -0.39 is 0 Å². The van der Waals surface area contributed by atoms with Crippen LogP contribution >= 0.6 is 0 Å². The van der Waals surface area contributed by atoms with Gasteiger partial charge >= 0.3 is 0 Å². The van der Waals surface area contributed by atoms with Crippen molar-refractivity contribution in [1.29, 1.82) is 5.26 Å². The van der Waals surface area contributed by atoms with Crippen LogP contribution in [0.2, 0.25) is 0 Å². The fraction of sp³-hybridized carbons (Fsp3) is 0.500. The molecule has 1 aliphatic carbocycles. The minimum Gasteiger partial charge on any atom is -0.335 e. The van der Waals surface area contributed by atoms with Gasteiger partial charge in [-0.05, 0) is 31.4 Å². The molecule has 3 heteroatoms. The Balaban J connectivity index is 2.20. The van der Waals surface area contributed by atoms with Gasteiger partial charge in [-0.3, -0.25) is 4.79 Å². The van der Waals surface area contributed by atoms with E-state index in [-0.39, 0.29) is 5.91 Å². The van der Waals surface area contributed by atoms with Gasteiger partial charge in [0.2, 0.25) is 0 Å². The second-order valence-corrected chi connectivity index (χ2v) is 5.16. The Bertz CT molecular complexity index is 484. The van der Waals surface area contributed by atoms with E-state index in [9.17, 15) is 4.79 Å². The summed E-state index contributed by atoms with van der Waals surface area (Å²) >= 11 is 0.